The number of carbonyl (C=O) groups excluding carboxylic acids is 2. The molecule has 1 atom stereocenters. The maximum absolute atomic E-state index is 12.4. The Labute approximate surface area is 124 Å². The lowest BCUT2D eigenvalue weighted by Gasteiger charge is -2.27. The van der Waals surface area contributed by atoms with Crippen molar-refractivity contribution in [3.05, 3.63) is 23.8 Å². The monoisotopic (exact) mass is 291 g/mol. The number of hydrogen-bond acceptors (Lipinski definition) is 3. The van der Waals surface area contributed by atoms with Crippen molar-refractivity contribution in [2.24, 2.45) is 0 Å². The number of nitrogens with zero attached hydrogens (tertiary/aromatic N) is 1. The molecule has 2 rings (SSSR count). The Kier molecular flexibility index (Phi) is 4.67. The van der Waals surface area contributed by atoms with Gasteiger partial charge in [0.25, 0.3) is 0 Å². The molecule has 0 aromatic heterocycles. The average molecular weight is 291 g/mol. The number of rotatable bonds is 2. The Morgan fingerprint density at radius 2 is 2.24 bits per heavy atom. The lowest BCUT2D eigenvalue weighted by molar-refractivity contribution is -0.120. The standard InChI is InChI=1S/C15H21N3O3/c1-10-8-12(21-3)4-5-13(10)17-15(20)18-7-6-14(19)16-9-11(18)2/h4-5,8,11H,6-7,9H2,1-3H3,(H,16,19)(H,17,20). The zero-order chi connectivity index (χ0) is 15.4. The molecule has 0 radical (unpaired) electrons. The van der Waals surface area contributed by atoms with Gasteiger partial charge in [-0.15, -0.1) is 0 Å². The molecular formula is C15H21N3O3. The van der Waals surface area contributed by atoms with Gasteiger partial charge in [0, 0.05) is 31.2 Å². The highest BCUT2D eigenvalue weighted by Gasteiger charge is 2.24. The topological polar surface area (TPSA) is 70.7 Å². The summed E-state index contributed by atoms with van der Waals surface area (Å²) in [6, 6.07) is 5.27. The van der Waals surface area contributed by atoms with Crippen LogP contribution >= 0.6 is 0 Å². The second-order valence-corrected chi connectivity index (χ2v) is 5.21. The van der Waals surface area contributed by atoms with Crippen molar-refractivity contribution in [2.45, 2.75) is 26.3 Å². The Bertz CT molecular complexity index is 545. The molecule has 1 aliphatic rings. The van der Waals surface area contributed by atoms with Crippen LogP contribution in [0.1, 0.15) is 18.9 Å². The molecule has 0 spiro atoms. The molecule has 1 unspecified atom stereocenters. The van der Waals surface area contributed by atoms with Crippen LogP contribution in [-0.2, 0) is 4.79 Å². The highest BCUT2D eigenvalue weighted by molar-refractivity contribution is 5.91. The number of carbonyl (C=O) groups is 2. The maximum atomic E-state index is 12.4. The van der Waals surface area contributed by atoms with Crippen LogP contribution in [-0.4, -0.2) is 43.1 Å². The Morgan fingerprint density at radius 3 is 2.90 bits per heavy atom. The SMILES string of the molecule is COc1ccc(NC(=O)N2CCC(=O)NCC2C)c(C)c1. The first-order chi connectivity index (χ1) is 10.0. The molecule has 1 aromatic carbocycles. The predicted octanol–water partition coefficient (Wildman–Crippen LogP) is 1.75. The van der Waals surface area contributed by atoms with Crippen molar-refractivity contribution >= 4 is 17.6 Å². The highest BCUT2D eigenvalue weighted by Crippen LogP contribution is 2.21. The van der Waals surface area contributed by atoms with Crippen LogP contribution in [0.4, 0.5) is 10.5 Å². The molecule has 1 aromatic rings. The van der Waals surface area contributed by atoms with Gasteiger partial charge < -0.3 is 20.3 Å². The molecule has 2 N–H and O–H groups in total. The third-order valence-electron chi connectivity index (χ3n) is 3.64. The molecule has 0 bridgehead atoms. The molecule has 6 heteroatoms. The van der Waals surface area contributed by atoms with Crippen LogP contribution < -0.4 is 15.4 Å². The first-order valence-corrected chi connectivity index (χ1v) is 7.00. The zero-order valence-electron chi connectivity index (χ0n) is 12.6. The van der Waals surface area contributed by atoms with Gasteiger partial charge in [-0.2, -0.15) is 0 Å². The molecule has 1 heterocycles. The fraction of sp³-hybridized carbons (Fsp3) is 0.467. The fourth-order valence-corrected chi connectivity index (χ4v) is 2.29. The van der Waals surface area contributed by atoms with Gasteiger partial charge in [0.1, 0.15) is 5.75 Å². The molecule has 1 saturated heterocycles. The van der Waals surface area contributed by atoms with E-state index in [1.807, 2.05) is 26.0 Å². The van der Waals surface area contributed by atoms with Gasteiger partial charge in [-0.3, -0.25) is 4.79 Å². The number of aryl methyl sites for hydroxylation is 1. The zero-order valence-corrected chi connectivity index (χ0v) is 12.6. The van der Waals surface area contributed by atoms with Crippen molar-refractivity contribution in [1.82, 2.24) is 10.2 Å². The summed E-state index contributed by atoms with van der Waals surface area (Å²) in [5, 5.41) is 5.69. The van der Waals surface area contributed by atoms with Gasteiger partial charge in [0.2, 0.25) is 5.91 Å². The molecule has 21 heavy (non-hydrogen) atoms. The summed E-state index contributed by atoms with van der Waals surface area (Å²) in [5.74, 6) is 0.737. The van der Waals surface area contributed by atoms with Crippen molar-refractivity contribution < 1.29 is 14.3 Å². The van der Waals surface area contributed by atoms with Crippen LogP contribution in [0.25, 0.3) is 0 Å². The fourth-order valence-electron chi connectivity index (χ4n) is 2.29. The van der Waals surface area contributed by atoms with Crippen molar-refractivity contribution in [1.29, 1.82) is 0 Å². The maximum Gasteiger partial charge on any atom is 0.322 e. The number of anilines is 1. The van der Waals surface area contributed by atoms with E-state index in [2.05, 4.69) is 10.6 Å². The first-order valence-electron chi connectivity index (χ1n) is 7.00. The Morgan fingerprint density at radius 1 is 1.48 bits per heavy atom. The van der Waals surface area contributed by atoms with Crippen LogP contribution in [0.15, 0.2) is 18.2 Å². The minimum absolute atomic E-state index is 0.0159. The van der Waals surface area contributed by atoms with Gasteiger partial charge in [-0.05, 0) is 37.6 Å². The van der Waals surface area contributed by atoms with E-state index in [-0.39, 0.29) is 18.0 Å². The van der Waals surface area contributed by atoms with Gasteiger partial charge in [-0.1, -0.05) is 0 Å². The number of methoxy groups -OCH3 is 1. The summed E-state index contributed by atoms with van der Waals surface area (Å²) in [6.07, 6.45) is 0.333. The number of ether oxygens (including phenoxy) is 1. The van der Waals surface area contributed by atoms with Gasteiger partial charge in [-0.25, -0.2) is 4.79 Å². The van der Waals surface area contributed by atoms with Gasteiger partial charge in [0.05, 0.1) is 7.11 Å². The smallest absolute Gasteiger partial charge is 0.322 e. The molecular weight excluding hydrogens is 270 g/mol. The van der Waals surface area contributed by atoms with E-state index in [1.165, 1.54) is 0 Å². The molecule has 6 nitrogen and oxygen atoms in total. The minimum Gasteiger partial charge on any atom is -0.497 e. The summed E-state index contributed by atoms with van der Waals surface area (Å²) in [7, 11) is 1.61. The van der Waals surface area contributed by atoms with E-state index in [1.54, 1.807) is 18.1 Å². The van der Waals surface area contributed by atoms with Gasteiger partial charge in [0.15, 0.2) is 0 Å². The van der Waals surface area contributed by atoms with Crippen LogP contribution in [0.3, 0.4) is 0 Å². The van der Waals surface area contributed by atoms with Crippen LogP contribution in [0, 0.1) is 6.92 Å². The van der Waals surface area contributed by atoms with Crippen LogP contribution in [0.2, 0.25) is 0 Å². The number of urea groups is 1. The molecule has 0 saturated carbocycles. The predicted molar refractivity (Wildman–Crippen MR) is 80.5 cm³/mol. The van der Waals surface area contributed by atoms with Crippen molar-refractivity contribution in [2.75, 3.05) is 25.5 Å². The summed E-state index contributed by atoms with van der Waals surface area (Å²) in [4.78, 5) is 25.5. The summed E-state index contributed by atoms with van der Waals surface area (Å²) in [6.45, 7) is 4.74. The molecule has 3 amide bonds. The lowest BCUT2D eigenvalue weighted by atomic mass is 10.2. The third-order valence-corrected chi connectivity index (χ3v) is 3.64. The molecule has 0 aliphatic carbocycles. The van der Waals surface area contributed by atoms with E-state index >= 15 is 0 Å². The second kappa shape index (κ2) is 6.47. The molecule has 114 valence electrons. The van der Waals surface area contributed by atoms with Gasteiger partial charge >= 0.3 is 6.03 Å². The highest BCUT2D eigenvalue weighted by atomic mass is 16.5. The summed E-state index contributed by atoms with van der Waals surface area (Å²) < 4.78 is 5.15. The largest absolute Gasteiger partial charge is 0.497 e. The quantitative estimate of drug-likeness (QED) is 0.872. The third kappa shape index (κ3) is 3.65. The number of benzene rings is 1. The van der Waals surface area contributed by atoms with Crippen LogP contribution in [0.5, 0.6) is 5.75 Å². The number of nitrogens with one attached hydrogen (secondary N) is 2. The summed E-state index contributed by atoms with van der Waals surface area (Å²) >= 11 is 0. The average Bonchev–Trinajstić information content (AvgIpc) is 2.63. The Balaban J connectivity index is 2.08. The Hall–Kier alpha value is -2.24. The number of hydrogen-bond donors (Lipinski definition) is 2. The van der Waals surface area contributed by atoms with E-state index < -0.39 is 0 Å². The lowest BCUT2D eigenvalue weighted by Crippen LogP contribution is -2.44. The van der Waals surface area contributed by atoms with Crippen molar-refractivity contribution in [3.63, 3.8) is 0 Å². The van der Waals surface area contributed by atoms with E-state index in [9.17, 15) is 9.59 Å². The van der Waals surface area contributed by atoms with E-state index in [0.717, 1.165) is 17.0 Å². The molecule has 1 aliphatic heterocycles. The normalized spacial score (nSPS) is 18.7. The first kappa shape index (κ1) is 15.2. The molecule has 1 fully saturated rings. The van der Waals surface area contributed by atoms with E-state index in [0.29, 0.717) is 19.5 Å². The number of amides is 3. The van der Waals surface area contributed by atoms with E-state index in [4.69, 9.17) is 4.74 Å². The minimum atomic E-state index is -0.188. The van der Waals surface area contributed by atoms with Crippen molar-refractivity contribution in [3.8, 4) is 5.75 Å². The summed E-state index contributed by atoms with van der Waals surface area (Å²) in [5.41, 5.74) is 1.68. The second-order valence-electron chi connectivity index (χ2n) is 5.21.